The third-order valence-corrected chi connectivity index (χ3v) is 6.27. The second kappa shape index (κ2) is 9.95. The largest absolute Gasteiger partial charge is 0.492 e. The second-order valence-corrected chi connectivity index (χ2v) is 9.54. The zero-order valence-corrected chi connectivity index (χ0v) is 19.2. The summed E-state index contributed by atoms with van der Waals surface area (Å²) in [7, 11) is -0.852. The maximum Gasteiger partial charge on any atom is 0.262 e. The lowest BCUT2D eigenvalue weighted by molar-refractivity contribution is -0.118. The number of amides is 1. The molecule has 0 aliphatic carbocycles. The zero-order valence-electron chi connectivity index (χ0n) is 18.4. The fraction of sp³-hybridized carbons (Fsp3) is 0.409. The molecule has 0 atom stereocenters. The van der Waals surface area contributed by atoms with Crippen LogP contribution in [0.25, 0.3) is 0 Å². The minimum Gasteiger partial charge on any atom is -0.492 e. The fourth-order valence-electron chi connectivity index (χ4n) is 2.84. The lowest BCUT2D eigenvalue weighted by atomic mass is 10.0. The lowest BCUT2D eigenvalue weighted by Gasteiger charge is -2.17. The molecule has 0 unspecified atom stereocenters. The van der Waals surface area contributed by atoms with Crippen molar-refractivity contribution < 1.29 is 22.7 Å². The van der Waals surface area contributed by atoms with Gasteiger partial charge in [-0.15, -0.1) is 0 Å². The molecule has 0 aliphatic heterocycles. The van der Waals surface area contributed by atoms with Gasteiger partial charge in [0.2, 0.25) is 10.0 Å². The van der Waals surface area contributed by atoms with Crippen LogP contribution < -0.4 is 14.8 Å². The molecule has 8 heteroatoms. The highest BCUT2D eigenvalue weighted by atomic mass is 32.2. The number of anilines is 1. The average molecular weight is 435 g/mol. The summed E-state index contributed by atoms with van der Waals surface area (Å²) < 4.78 is 37.5. The van der Waals surface area contributed by atoms with Crippen LogP contribution in [0.15, 0.2) is 41.3 Å². The van der Waals surface area contributed by atoms with Gasteiger partial charge < -0.3 is 14.8 Å². The maximum atomic E-state index is 12.6. The van der Waals surface area contributed by atoms with E-state index in [0.29, 0.717) is 18.0 Å². The van der Waals surface area contributed by atoms with Crippen molar-refractivity contribution in [2.24, 2.45) is 0 Å². The Morgan fingerprint density at radius 2 is 1.77 bits per heavy atom. The summed E-state index contributed by atoms with van der Waals surface area (Å²) in [6, 6.07) is 10.4. The van der Waals surface area contributed by atoms with Gasteiger partial charge in [0.25, 0.3) is 5.91 Å². The van der Waals surface area contributed by atoms with E-state index in [-0.39, 0.29) is 29.1 Å². The number of nitrogens with zero attached hydrogens (tertiary/aromatic N) is 1. The second-order valence-electron chi connectivity index (χ2n) is 7.41. The van der Waals surface area contributed by atoms with Crippen LogP contribution in [-0.2, 0) is 14.8 Å². The van der Waals surface area contributed by atoms with Crippen molar-refractivity contribution >= 4 is 21.6 Å². The molecule has 0 bridgehead atoms. The van der Waals surface area contributed by atoms with Crippen LogP contribution in [0.2, 0.25) is 0 Å². The predicted molar refractivity (Wildman–Crippen MR) is 118 cm³/mol. The first kappa shape index (κ1) is 23.7. The van der Waals surface area contributed by atoms with Gasteiger partial charge >= 0.3 is 0 Å². The Morgan fingerprint density at radius 3 is 2.37 bits per heavy atom. The standard InChI is InChI=1S/C22H30N2O5S/c1-7-28-19-11-9-17(13-21(19)30(26,27)24(5)6)23-22(25)14-29-20-12-16(4)8-10-18(20)15(2)3/h8-13,15H,7,14H2,1-6H3,(H,23,25). The van der Waals surface area contributed by atoms with Gasteiger partial charge in [-0.3, -0.25) is 4.79 Å². The summed E-state index contributed by atoms with van der Waals surface area (Å²) in [5, 5.41) is 2.69. The number of rotatable bonds is 9. The third kappa shape index (κ3) is 5.73. The van der Waals surface area contributed by atoms with E-state index in [4.69, 9.17) is 9.47 Å². The molecule has 0 spiro atoms. The highest BCUT2D eigenvalue weighted by Gasteiger charge is 2.23. The third-order valence-electron chi connectivity index (χ3n) is 4.44. The van der Waals surface area contributed by atoms with Crippen molar-refractivity contribution in [3.8, 4) is 11.5 Å². The Labute approximate surface area is 179 Å². The number of hydrogen-bond donors (Lipinski definition) is 1. The van der Waals surface area contributed by atoms with Crippen molar-refractivity contribution in [3.63, 3.8) is 0 Å². The average Bonchev–Trinajstić information content (AvgIpc) is 2.67. The van der Waals surface area contributed by atoms with Gasteiger partial charge in [0.05, 0.1) is 6.61 Å². The molecule has 164 valence electrons. The number of benzene rings is 2. The van der Waals surface area contributed by atoms with E-state index in [1.807, 2.05) is 25.1 Å². The molecule has 2 aromatic carbocycles. The minimum absolute atomic E-state index is 0.00570. The maximum absolute atomic E-state index is 12.6. The molecule has 1 N–H and O–H groups in total. The van der Waals surface area contributed by atoms with E-state index in [0.717, 1.165) is 15.4 Å². The number of sulfonamides is 1. The van der Waals surface area contributed by atoms with Crippen LogP contribution in [0.1, 0.15) is 37.8 Å². The number of carbonyl (C=O) groups excluding carboxylic acids is 1. The summed E-state index contributed by atoms with van der Waals surface area (Å²) in [5.74, 6) is 0.779. The van der Waals surface area contributed by atoms with E-state index in [1.54, 1.807) is 13.0 Å². The molecule has 0 saturated carbocycles. The lowest BCUT2D eigenvalue weighted by Crippen LogP contribution is -2.24. The van der Waals surface area contributed by atoms with Crippen LogP contribution in [0.5, 0.6) is 11.5 Å². The monoisotopic (exact) mass is 434 g/mol. The summed E-state index contributed by atoms with van der Waals surface area (Å²) >= 11 is 0. The Balaban J connectivity index is 2.19. The van der Waals surface area contributed by atoms with Crippen molar-refractivity contribution in [3.05, 3.63) is 47.5 Å². The molecule has 0 aliphatic rings. The van der Waals surface area contributed by atoms with Crippen molar-refractivity contribution in [2.75, 3.05) is 32.6 Å². The Kier molecular flexibility index (Phi) is 7.86. The van der Waals surface area contributed by atoms with Crippen LogP contribution in [0, 0.1) is 6.92 Å². The van der Waals surface area contributed by atoms with E-state index in [1.165, 1.54) is 26.2 Å². The SMILES string of the molecule is CCOc1ccc(NC(=O)COc2cc(C)ccc2C(C)C)cc1S(=O)(=O)N(C)C. The number of nitrogens with one attached hydrogen (secondary N) is 1. The first-order chi connectivity index (χ1) is 14.1. The molecule has 0 radical (unpaired) electrons. The highest BCUT2D eigenvalue weighted by molar-refractivity contribution is 7.89. The van der Waals surface area contributed by atoms with Crippen molar-refractivity contribution in [2.45, 2.75) is 38.5 Å². The van der Waals surface area contributed by atoms with E-state index in [9.17, 15) is 13.2 Å². The number of ether oxygens (including phenoxy) is 2. The normalized spacial score (nSPS) is 11.6. The van der Waals surface area contributed by atoms with Crippen LogP contribution in [0.4, 0.5) is 5.69 Å². The first-order valence-electron chi connectivity index (χ1n) is 9.78. The van der Waals surface area contributed by atoms with Crippen LogP contribution >= 0.6 is 0 Å². The van der Waals surface area contributed by atoms with Crippen LogP contribution in [-0.4, -0.2) is 45.9 Å². The Bertz CT molecular complexity index is 1000. The summed E-state index contributed by atoms with van der Waals surface area (Å²) in [4.78, 5) is 12.4. The topological polar surface area (TPSA) is 84.9 Å². The van der Waals surface area contributed by atoms with Crippen molar-refractivity contribution in [1.29, 1.82) is 0 Å². The van der Waals surface area contributed by atoms with Crippen molar-refractivity contribution in [1.82, 2.24) is 4.31 Å². The molecular weight excluding hydrogens is 404 g/mol. The van der Waals surface area contributed by atoms with Gasteiger partial charge in [0.1, 0.15) is 16.4 Å². The number of carbonyl (C=O) groups is 1. The molecule has 1 amide bonds. The molecule has 0 aromatic heterocycles. The predicted octanol–water partition coefficient (Wildman–Crippen LogP) is 3.78. The molecule has 2 rings (SSSR count). The summed E-state index contributed by atoms with van der Waals surface area (Å²) in [6.07, 6.45) is 0. The molecule has 7 nitrogen and oxygen atoms in total. The van der Waals surface area contributed by atoms with E-state index >= 15 is 0 Å². The summed E-state index contributed by atoms with van der Waals surface area (Å²) in [5.41, 5.74) is 2.41. The first-order valence-corrected chi connectivity index (χ1v) is 11.2. The van der Waals surface area contributed by atoms with Crippen LogP contribution in [0.3, 0.4) is 0 Å². The van der Waals surface area contributed by atoms with E-state index < -0.39 is 10.0 Å². The van der Waals surface area contributed by atoms with E-state index in [2.05, 4.69) is 19.2 Å². The molecule has 0 heterocycles. The van der Waals surface area contributed by atoms with Gasteiger partial charge in [0.15, 0.2) is 6.61 Å². The van der Waals surface area contributed by atoms with Gasteiger partial charge in [-0.05, 0) is 55.2 Å². The highest BCUT2D eigenvalue weighted by Crippen LogP contribution is 2.30. The molecule has 0 fully saturated rings. The smallest absolute Gasteiger partial charge is 0.262 e. The zero-order chi connectivity index (χ0) is 22.5. The fourth-order valence-corrected chi connectivity index (χ4v) is 3.89. The quantitative estimate of drug-likeness (QED) is 0.649. The molecule has 30 heavy (non-hydrogen) atoms. The minimum atomic E-state index is -3.74. The van der Waals surface area contributed by atoms with Gasteiger partial charge in [0, 0.05) is 19.8 Å². The van der Waals surface area contributed by atoms with Gasteiger partial charge in [-0.2, -0.15) is 0 Å². The number of hydrogen-bond acceptors (Lipinski definition) is 5. The Morgan fingerprint density at radius 1 is 1.07 bits per heavy atom. The molecule has 2 aromatic rings. The molecule has 0 saturated heterocycles. The number of aryl methyl sites for hydroxylation is 1. The van der Waals surface area contributed by atoms with Gasteiger partial charge in [-0.25, -0.2) is 12.7 Å². The summed E-state index contributed by atoms with van der Waals surface area (Å²) in [6.45, 7) is 7.99. The molecular formula is C22H30N2O5S. The Hall–Kier alpha value is -2.58. The van der Waals surface area contributed by atoms with Gasteiger partial charge in [-0.1, -0.05) is 26.0 Å².